The second-order valence-electron chi connectivity index (χ2n) is 5.90. The molecular formula is C13H18F3NO3. The van der Waals surface area contributed by atoms with E-state index >= 15 is 0 Å². The highest BCUT2D eigenvalue weighted by atomic mass is 19.4. The molecule has 2 fully saturated rings. The molecule has 1 saturated carbocycles. The maximum absolute atomic E-state index is 12.4. The molecule has 2 aliphatic rings. The first kappa shape index (κ1) is 15.1. The van der Waals surface area contributed by atoms with E-state index in [1.807, 2.05) is 0 Å². The lowest BCUT2D eigenvalue weighted by Crippen LogP contribution is -2.49. The summed E-state index contributed by atoms with van der Waals surface area (Å²) in [5, 5.41) is 8.95. The number of carbonyl (C=O) groups excluding carboxylic acids is 1. The standard InChI is InChI=1S/C13H18F3NO3/c14-13(15,16)11(20)17-7-5-12(6-8-17)3-1-9(2-4-12)10(18)19/h9H,1-8H2,(H,18,19). The fourth-order valence-electron chi connectivity index (χ4n) is 3.34. The third kappa shape index (κ3) is 3.07. The molecule has 0 radical (unpaired) electrons. The van der Waals surface area contributed by atoms with Gasteiger partial charge in [0.25, 0.3) is 0 Å². The minimum atomic E-state index is -4.80. The molecule has 1 saturated heterocycles. The summed E-state index contributed by atoms with van der Waals surface area (Å²) in [6.07, 6.45) is -1.07. The topological polar surface area (TPSA) is 57.6 Å². The number of carbonyl (C=O) groups is 2. The Hall–Kier alpha value is -1.27. The molecule has 1 aliphatic carbocycles. The smallest absolute Gasteiger partial charge is 0.471 e. The molecule has 1 amide bonds. The Kier molecular flexibility index (Phi) is 3.97. The van der Waals surface area contributed by atoms with Crippen LogP contribution in [0.15, 0.2) is 0 Å². The first-order valence-corrected chi connectivity index (χ1v) is 6.82. The van der Waals surface area contributed by atoms with Gasteiger partial charge in [0.05, 0.1) is 5.92 Å². The van der Waals surface area contributed by atoms with E-state index in [4.69, 9.17) is 5.11 Å². The number of piperidine rings is 1. The van der Waals surface area contributed by atoms with Gasteiger partial charge in [-0.2, -0.15) is 13.2 Å². The molecule has 0 aromatic rings. The van der Waals surface area contributed by atoms with Gasteiger partial charge in [0.15, 0.2) is 0 Å². The molecule has 114 valence electrons. The van der Waals surface area contributed by atoms with Crippen LogP contribution in [0.3, 0.4) is 0 Å². The third-order valence-corrected chi connectivity index (χ3v) is 4.75. The van der Waals surface area contributed by atoms with Crippen LogP contribution in [-0.4, -0.2) is 41.1 Å². The largest absolute Gasteiger partial charge is 0.481 e. The van der Waals surface area contributed by atoms with E-state index in [0.717, 1.165) is 17.7 Å². The zero-order valence-corrected chi connectivity index (χ0v) is 11.1. The van der Waals surface area contributed by atoms with Crippen LogP contribution in [0.5, 0.6) is 0 Å². The summed E-state index contributed by atoms with van der Waals surface area (Å²) in [7, 11) is 0. The van der Waals surface area contributed by atoms with E-state index in [1.165, 1.54) is 0 Å². The molecule has 0 atom stereocenters. The van der Waals surface area contributed by atoms with Crippen LogP contribution < -0.4 is 0 Å². The number of aliphatic carboxylic acids is 1. The fourth-order valence-corrected chi connectivity index (χ4v) is 3.34. The fraction of sp³-hybridized carbons (Fsp3) is 0.846. The monoisotopic (exact) mass is 293 g/mol. The predicted octanol–water partition coefficient (Wildman–Crippen LogP) is 2.43. The summed E-state index contributed by atoms with van der Waals surface area (Å²) < 4.78 is 37.1. The van der Waals surface area contributed by atoms with E-state index in [1.54, 1.807) is 0 Å². The molecule has 0 aromatic carbocycles. The van der Waals surface area contributed by atoms with Gasteiger partial charge in [0.1, 0.15) is 0 Å². The van der Waals surface area contributed by atoms with Crippen LogP contribution in [0.4, 0.5) is 13.2 Å². The summed E-state index contributed by atoms with van der Waals surface area (Å²) in [6, 6.07) is 0. The number of likely N-dealkylation sites (tertiary alicyclic amines) is 1. The van der Waals surface area contributed by atoms with Crippen LogP contribution in [0.25, 0.3) is 0 Å². The second kappa shape index (κ2) is 5.26. The number of nitrogens with zero attached hydrogens (tertiary/aromatic N) is 1. The highest BCUT2D eigenvalue weighted by Crippen LogP contribution is 2.46. The van der Waals surface area contributed by atoms with Gasteiger partial charge in [-0.15, -0.1) is 0 Å². The minimum absolute atomic E-state index is 0.0612. The quantitative estimate of drug-likeness (QED) is 0.808. The molecule has 2 rings (SSSR count). The summed E-state index contributed by atoms with van der Waals surface area (Å²) in [5.74, 6) is -2.87. The van der Waals surface area contributed by atoms with Gasteiger partial charge in [-0.3, -0.25) is 9.59 Å². The summed E-state index contributed by atoms with van der Waals surface area (Å²) in [4.78, 5) is 22.9. The summed E-state index contributed by atoms with van der Waals surface area (Å²) in [5.41, 5.74) is -0.0612. The third-order valence-electron chi connectivity index (χ3n) is 4.75. The van der Waals surface area contributed by atoms with Crippen molar-refractivity contribution < 1.29 is 27.9 Å². The van der Waals surface area contributed by atoms with Crippen molar-refractivity contribution in [2.45, 2.75) is 44.7 Å². The van der Waals surface area contributed by atoms with Crippen molar-refractivity contribution in [3.8, 4) is 0 Å². The molecular weight excluding hydrogens is 275 g/mol. The van der Waals surface area contributed by atoms with E-state index in [-0.39, 0.29) is 24.4 Å². The van der Waals surface area contributed by atoms with Crippen molar-refractivity contribution >= 4 is 11.9 Å². The SMILES string of the molecule is O=C(O)C1CCC2(CC1)CCN(C(=O)C(F)(F)F)CC2. The normalized spacial score (nSPS) is 23.9. The number of carboxylic acid groups (broad SMARTS) is 1. The van der Waals surface area contributed by atoms with Crippen LogP contribution in [-0.2, 0) is 9.59 Å². The summed E-state index contributed by atoms with van der Waals surface area (Å²) in [6.45, 7) is 0.242. The molecule has 7 heteroatoms. The summed E-state index contributed by atoms with van der Waals surface area (Å²) >= 11 is 0. The van der Waals surface area contributed by atoms with Crippen LogP contribution in [0.2, 0.25) is 0 Å². The Morgan fingerprint density at radius 1 is 1.05 bits per heavy atom. The van der Waals surface area contributed by atoms with Crippen molar-refractivity contribution in [1.29, 1.82) is 0 Å². The average molecular weight is 293 g/mol. The van der Waals surface area contributed by atoms with Crippen molar-refractivity contribution in [1.82, 2.24) is 4.90 Å². The molecule has 4 nitrogen and oxygen atoms in total. The Morgan fingerprint density at radius 2 is 1.55 bits per heavy atom. The van der Waals surface area contributed by atoms with Crippen LogP contribution in [0, 0.1) is 11.3 Å². The zero-order valence-electron chi connectivity index (χ0n) is 11.1. The van der Waals surface area contributed by atoms with Crippen molar-refractivity contribution in [2.24, 2.45) is 11.3 Å². The zero-order chi connectivity index (χ0) is 15.0. The number of hydrogen-bond acceptors (Lipinski definition) is 2. The number of amides is 1. The van der Waals surface area contributed by atoms with Gasteiger partial charge < -0.3 is 10.0 Å². The average Bonchev–Trinajstić information content (AvgIpc) is 2.38. The number of hydrogen-bond donors (Lipinski definition) is 1. The lowest BCUT2D eigenvalue weighted by atomic mass is 9.65. The predicted molar refractivity (Wildman–Crippen MR) is 63.9 cm³/mol. The molecule has 0 unspecified atom stereocenters. The Bertz CT molecular complexity index is 390. The molecule has 1 aliphatic heterocycles. The van der Waals surface area contributed by atoms with Gasteiger partial charge in [-0.25, -0.2) is 0 Å². The van der Waals surface area contributed by atoms with Gasteiger partial charge in [-0.05, 0) is 43.9 Å². The van der Waals surface area contributed by atoms with Crippen molar-refractivity contribution in [3.63, 3.8) is 0 Å². The number of rotatable bonds is 1. The number of alkyl halides is 3. The first-order chi connectivity index (χ1) is 9.23. The molecule has 0 aromatic heterocycles. The van der Waals surface area contributed by atoms with E-state index < -0.39 is 18.1 Å². The molecule has 1 N–H and O–H groups in total. The van der Waals surface area contributed by atoms with Gasteiger partial charge in [-0.1, -0.05) is 0 Å². The van der Waals surface area contributed by atoms with Crippen molar-refractivity contribution in [2.75, 3.05) is 13.1 Å². The lowest BCUT2D eigenvalue weighted by Gasteiger charge is -2.45. The molecule has 0 bridgehead atoms. The highest BCUT2D eigenvalue weighted by Gasteiger charge is 2.46. The van der Waals surface area contributed by atoms with E-state index in [2.05, 4.69) is 0 Å². The Labute approximate surface area is 114 Å². The van der Waals surface area contributed by atoms with E-state index in [0.29, 0.717) is 25.7 Å². The van der Waals surface area contributed by atoms with E-state index in [9.17, 15) is 22.8 Å². The van der Waals surface area contributed by atoms with Gasteiger partial charge in [0.2, 0.25) is 0 Å². The molecule has 1 spiro atoms. The highest BCUT2D eigenvalue weighted by molar-refractivity contribution is 5.81. The van der Waals surface area contributed by atoms with Gasteiger partial charge >= 0.3 is 18.1 Å². The Balaban J connectivity index is 1.89. The minimum Gasteiger partial charge on any atom is -0.481 e. The number of halogens is 3. The lowest BCUT2D eigenvalue weighted by molar-refractivity contribution is -0.187. The number of carboxylic acids is 1. The molecule has 20 heavy (non-hydrogen) atoms. The van der Waals surface area contributed by atoms with Crippen LogP contribution >= 0.6 is 0 Å². The maximum atomic E-state index is 12.4. The van der Waals surface area contributed by atoms with Gasteiger partial charge in [0, 0.05) is 13.1 Å². The second-order valence-corrected chi connectivity index (χ2v) is 5.90. The Morgan fingerprint density at radius 3 is 1.95 bits per heavy atom. The van der Waals surface area contributed by atoms with Crippen LogP contribution in [0.1, 0.15) is 38.5 Å². The first-order valence-electron chi connectivity index (χ1n) is 6.82. The molecule has 1 heterocycles. The maximum Gasteiger partial charge on any atom is 0.471 e. The van der Waals surface area contributed by atoms with Crippen molar-refractivity contribution in [3.05, 3.63) is 0 Å².